The molecular weight excluding hydrogens is 476 g/mol. The molecule has 2 rings (SSSR count). The van der Waals surface area contributed by atoms with E-state index in [0.717, 1.165) is 57.1 Å². The molecular formula is C20H33FIN3O3. The normalized spacial score (nSPS) is 16.6. The summed E-state index contributed by atoms with van der Waals surface area (Å²) in [6, 6.07) is 6.40. The Balaban J connectivity index is 0.00000392. The maximum absolute atomic E-state index is 13.1. The van der Waals surface area contributed by atoms with Gasteiger partial charge in [-0.1, -0.05) is 12.1 Å². The van der Waals surface area contributed by atoms with Crippen molar-refractivity contribution in [2.24, 2.45) is 4.99 Å². The van der Waals surface area contributed by atoms with Crippen molar-refractivity contribution in [2.45, 2.75) is 31.5 Å². The third kappa shape index (κ3) is 8.18. The van der Waals surface area contributed by atoms with Gasteiger partial charge in [-0.3, -0.25) is 4.99 Å². The number of hydrogen-bond acceptors (Lipinski definition) is 4. The highest BCUT2D eigenvalue weighted by Crippen LogP contribution is 2.17. The number of nitrogens with zero attached hydrogens (tertiary/aromatic N) is 2. The third-order valence-electron chi connectivity index (χ3n) is 4.77. The van der Waals surface area contributed by atoms with Crippen LogP contribution in [0.4, 0.5) is 4.39 Å². The second-order valence-corrected chi connectivity index (χ2v) is 6.61. The topological polar surface area (TPSA) is 55.3 Å². The fourth-order valence-electron chi connectivity index (χ4n) is 3.22. The van der Waals surface area contributed by atoms with Crippen molar-refractivity contribution >= 4 is 29.9 Å². The van der Waals surface area contributed by atoms with Crippen LogP contribution in [-0.4, -0.2) is 71.1 Å². The summed E-state index contributed by atoms with van der Waals surface area (Å²) in [6.45, 7) is 3.87. The Labute approximate surface area is 184 Å². The lowest BCUT2D eigenvalue weighted by molar-refractivity contribution is 0.00974. The first-order valence-corrected chi connectivity index (χ1v) is 9.52. The van der Waals surface area contributed by atoms with Crippen molar-refractivity contribution in [3.05, 3.63) is 35.6 Å². The molecule has 28 heavy (non-hydrogen) atoms. The number of nitrogens with one attached hydrogen (secondary N) is 1. The number of aliphatic imine (C=N–C) groups is 1. The number of rotatable bonds is 9. The zero-order chi connectivity index (χ0) is 19.5. The summed E-state index contributed by atoms with van der Waals surface area (Å²) < 4.78 is 29.6. The van der Waals surface area contributed by atoms with Crippen LogP contribution in [-0.2, 0) is 14.2 Å². The molecule has 1 unspecified atom stereocenters. The van der Waals surface area contributed by atoms with Crippen LogP contribution in [0.15, 0.2) is 29.3 Å². The maximum atomic E-state index is 13.1. The van der Waals surface area contributed by atoms with Gasteiger partial charge in [0.15, 0.2) is 5.96 Å². The van der Waals surface area contributed by atoms with Crippen molar-refractivity contribution < 1.29 is 18.6 Å². The van der Waals surface area contributed by atoms with Crippen molar-refractivity contribution in [1.29, 1.82) is 0 Å². The van der Waals surface area contributed by atoms with Gasteiger partial charge >= 0.3 is 0 Å². The molecule has 0 aromatic heterocycles. The van der Waals surface area contributed by atoms with Crippen LogP contribution in [0.1, 0.15) is 30.9 Å². The molecule has 160 valence electrons. The Hall–Kier alpha value is -0.970. The molecule has 1 fully saturated rings. The quantitative estimate of drug-likeness (QED) is 0.240. The molecule has 1 aliphatic rings. The summed E-state index contributed by atoms with van der Waals surface area (Å²) in [7, 11) is 5.15. The highest BCUT2D eigenvalue weighted by atomic mass is 127. The van der Waals surface area contributed by atoms with Crippen molar-refractivity contribution in [3.63, 3.8) is 0 Å². The fourth-order valence-corrected chi connectivity index (χ4v) is 3.22. The lowest BCUT2D eigenvalue weighted by atomic mass is 10.1. The van der Waals surface area contributed by atoms with E-state index >= 15 is 0 Å². The first-order chi connectivity index (χ1) is 13.2. The van der Waals surface area contributed by atoms with E-state index in [9.17, 15) is 4.39 Å². The Morgan fingerprint density at radius 3 is 2.46 bits per heavy atom. The molecule has 0 radical (unpaired) electrons. The van der Waals surface area contributed by atoms with Gasteiger partial charge in [-0.15, -0.1) is 24.0 Å². The van der Waals surface area contributed by atoms with Gasteiger partial charge in [-0.05, 0) is 37.0 Å². The third-order valence-corrected chi connectivity index (χ3v) is 4.77. The predicted octanol–water partition coefficient (Wildman–Crippen LogP) is 3.22. The molecule has 1 aromatic rings. The largest absolute Gasteiger partial charge is 0.385 e. The summed E-state index contributed by atoms with van der Waals surface area (Å²) in [6.07, 6.45) is 3.05. The van der Waals surface area contributed by atoms with Gasteiger partial charge in [0.2, 0.25) is 0 Å². The molecule has 0 saturated carbocycles. The number of likely N-dealkylation sites (tertiary alicyclic amines) is 1. The van der Waals surface area contributed by atoms with Crippen LogP contribution < -0.4 is 5.32 Å². The highest BCUT2D eigenvalue weighted by molar-refractivity contribution is 14.0. The number of methoxy groups -OCH3 is 2. The second kappa shape index (κ2) is 14.1. The van der Waals surface area contributed by atoms with E-state index in [2.05, 4.69) is 15.2 Å². The predicted molar refractivity (Wildman–Crippen MR) is 120 cm³/mol. The van der Waals surface area contributed by atoms with Crippen molar-refractivity contribution in [2.75, 3.05) is 54.1 Å². The average molecular weight is 509 g/mol. The van der Waals surface area contributed by atoms with Crippen LogP contribution in [0.5, 0.6) is 0 Å². The number of halogens is 2. The molecule has 0 amide bonds. The number of guanidine groups is 1. The molecule has 1 saturated heterocycles. The summed E-state index contributed by atoms with van der Waals surface area (Å²) in [5.74, 6) is 0.613. The van der Waals surface area contributed by atoms with Crippen LogP contribution >= 0.6 is 24.0 Å². The summed E-state index contributed by atoms with van der Waals surface area (Å²) in [4.78, 5) is 6.64. The van der Waals surface area contributed by atoms with E-state index in [1.54, 1.807) is 33.4 Å². The van der Waals surface area contributed by atoms with Gasteiger partial charge in [0.05, 0.1) is 12.2 Å². The SMILES string of the molecule is CN=C(NCC(OC)c1ccc(F)cc1)N1CCC(OCCCOC)CC1.I. The van der Waals surface area contributed by atoms with Gasteiger partial charge in [0, 0.05) is 54.1 Å². The minimum absolute atomic E-state index is 0. The van der Waals surface area contributed by atoms with Gasteiger partial charge in [0.25, 0.3) is 0 Å². The Kier molecular flexibility index (Phi) is 12.6. The maximum Gasteiger partial charge on any atom is 0.193 e. The first kappa shape index (κ1) is 25.1. The summed E-state index contributed by atoms with van der Waals surface area (Å²) >= 11 is 0. The van der Waals surface area contributed by atoms with E-state index < -0.39 is 0 Å². The smallest absolute Gasteiger partial charge is 0.193 e. The molecule has 0 bridgehead atoms. The van der Waals surface area contributed by atoms with Gasteiger partial charge in [-0.25, -0.2) is 4.39 Å². The Morgan fingerprint density at radius 2 is 1.89 bits per heavy atom. The summed E-state index contributed by atoms with van der Waals surface area (Å²) in [5.41, 5.74) is 0.935. The van der Waals surface area contributed by atoms with Crippen LogP contribution in [0.3, 0.4) is 0 Å². The van der Waals surface area contributed by atoms with Crippen LogP contribution in [0.25, 0.3) is 0 Å². The zero-order valence-electron chi connectivity index (χ0n) is 17.0. The molecule has 0 spiro atoms. The van der Waals surface area contributed by atoms with E-state index in [-0.39, 0.29) is 35.9 Å². The minimum Gasteiger partial charge on any atom is -0.385 e. The van der Waals surface area contributed by atoms with E-state index in [1.807, 2.05) is 0 Å². The van der Waals surface area contributed by atoms with Gasteiger partial charge in [-0.2, -0.15) is 0 Å². The summed E-state index contributed by atoms with van der Waals surface area (Å²) in [5, 5.41) is 3.38. The monoisotopic (exact) mass is 509 g/mol. The molecule has 1 aliphatic heterocycles. The fraction of sp³-hybridized carbons (Fsp3) is 0.650. The van der Waals surface area contributed by atoms with Crippen LogP contribution in [0, 0.1) is 5.82 Å². The van der Waals surface area contributed by atoms with Crippen molar-refractivity contribution in [1.82, 2.24) is 10.2 Å². The van der Waals surface area contributed by atoms with Gasteiger partial charge < -0.3 is 24.4 Å². The number of benzene rings is 1. The molecule has 1 atom stereocenters. The van der Waals surface area contributed by atoms with E-state index in [4.69, 9.17) is 14.2 Å². The Morgan fingerprint density at radius 1 is 1.21 bits per heavy atom. The number of hydrogen-bond donors (Lipinski definition) is 1. The lowest BCUT2D eigenvalue weighted by Gasteiger charge is -2.34. The average Bonchev–Trinajstić information content (AvgIpc) is 2.70. The second-order valence-electron chi connectivity index (χ2n) is 6.61. The van der Waals surface area contributed by atoms with E-state index in [1.165, 1.54) is 12.1 Å². The first-order valence-electron chi connectivity index (χ1n) is 9.52. The molecule has 1 aromatic carbocycles. The number of piperidine rings is 1. The van der Waals surface area contributed by atoms with Crippen LogP contribution in [0.2, 0.25) is 0 Å². The highest BCUT2D eigenvalue weighted by Gasteiger charge is 2.22. The van der Waals surface area contributed by atoms with Crippen molar-refractivity contribution in [3.8, 4) is 0 Å². The molecule has 6 nitrogen and oxygen atoms in total. The van der Waals surface area contributed by atoms with Gasteiger partial charge in [0.1, 0.15) is 5.82 Å². The number of ether oxygens (including phenoxy) is 3. The molecule has 1 heterocycles. The zero-order valence-corrected chi connectivity index (χ0v) is 19.4. The lowest BCUT2D eigenvalue weighted by Crippen LogP contribution is -2.48. The molecule has 8 heteroatoms. The van der Waals surface area contributed by atoms with E-state index in [0.29, 0.717) is 12.6 Å². The Bertz CT molecular complexity index is 566. The standard InChI is InChI=1S/C20H32FN3O3.HI/c1-22-20(23-15-19(26-3)16-5-7-17(21)8-6-16)24-11-9-18(10-12-24)27-14-4-13-25-2;/h5-8,18-19H,4,9-15H2,1-3H3,(H,22,23);1H. The molecule has 1 N–H and O–H groups in total. The molecule has 0 aliphatic carbocycles. The minimum atomic E-state index is -0.246.